The largest absolute Gasteiger partial charge is 0.468 e. The predicted molar refractivity (Wildman–Crippen MR) is 114 cm³/mol. The van der Waals surface area contributed by atoms with Crippen molar-refractivity contribution in [1.29, 1.82) is 0 Å². The Morgan fingerprint density at radius 3 is 2.45 bits per heavy atom. The van der Waals surface area contributed by atoms with Gasteiger partial charge >= 0.3 is 6.03 Å². The fraction of sp³-hybridized carbons (Fsp3) is 0.522. The standard InChI is InChI=1S/C23H33N3O3/c1-23(2,3)19-8-6-18(7-9-19)10-11-24-22(27)25-17-20(21-5-4-14-29-21)26-12-15-28-16-13-26/h4-9,14,20H,10-13,15-17H2,1-3H3,(H2,24,25,27). The molecule has 1 aliphatic heterocycles. The van der Waals surface area contributed by atoms with Gasteiger partial charge in [0.2, 0.25) is 0 Å². The average molecular weight is 400 g/mol. The van der Waals surface area contributed by atoms with Crippen LogP contribution in [-0.4, -0.2) is 50.3 Å². The van der Waals surface area contributed by atoms with Gasteiger partial charge in [-0.15, -0.1) is 0 Å². The zero-order valence-electron chi connectivity index (χ0n) is 17.7. The molecule has 0 spiro atoms. The van der Waals surface area contributed by atoms with Crippen LogP contribution in [-0.2, 0) is 16.6 Å². The molecule has 0 saturated carbocycles. The van der Waals surface area contributed by atoms with Gasteiger partial charge in [-0.25, -0.2) is 4.79 Å². The molecule has 2 aromatic rings. The third-order valence-corrected chi connectivity index (χ3v) is 5.33. The minimum Gasteiger partial charge on any atom is -0.468 e. The van der Waals surface area contributed by atoms with Crippen LogP contribution in [0.2, 0.25) is 0 Å². The van der Waals surface area contributed by atoms with E-state index in [4.69, 9.17) is 9.15 Å². The number of nitrogens with one attached hydrogen (secondary N) is 2. The summed E-state index contributed by atoms with van der Waals surface area (Å²) in [7, 11) is 0. The molecule has 2 amide bonds. The number of carbonyl (C=O) groups is 1. The number of amides is 2. The summed E-state index contributed by atoms with van der Waals surface area (Å²) in [6.45, 7) is 10.8. The summed E-state index contributed by atoms with van der Waals surface area (Å²) < 4.78 is 11.0. The summed E-state index contributed by atoms with van der Waals surface area (Å²) in [6.07, 6.45) is 2.48. The summed E-state index contributed by atoms with van der Waals surface area (Å²) >= 11 is 0. The number of benzene rings is 1. The number of furan rings is 1. The number of rotatable bonds is 7. The Morgan fingerprint density at radius 2 is 1.83 bits per heavy atom. The Hall–Kier alpha value is -2.31. The van der Waals surface area contributed by atoms with Gasteiger partial charge in [0.15, 0.2) is 0 Å². The first-order valence-electron chi connectivity index (χ1n) is 10.4. The summed E-state index contributed by atoms with van der Waals surface area (Å²) in [5.74, 6) is 0.867. The van der Waals surface area contributed by atoms with Crippen LogP contribution in [0.4, 0.5) is 4.79 Å². The topological polar surface area (TPSA) is 66.7 Å². The number of hydrogen-bond acceptors (Lipinski definition) is 4. The van der Waals surface area contributed by atoms with Crippen LogP contribution in [0.25, 0.3) is 0 Å². The Bertz CT molecular complexity index is 745. The van der Waals surface area contributed by atoms with Crippen LogP contribution in [0.3, 0.4) is 0 Å². The van der Waals surface area contributed by atoms with E-state index in [0.717, 1.165) is 25.3 Å². The molecule has 2 heterocycles. The summed E-state index contributed by atoms with van der Waals surface area (Å²) in [5, 5.41) is 5.95. The Kier molecular flexibility index (Phi) is 7.34. The molecule has 158 valence electrons. The van der Waals surface area contributed by atoms with E-state index in [1.807, 2.05) is 12.1 Å². The van der Waals surface area contributed by atoms with Gasteiger partial charge in [0.05, 0.1) is 25.5 Å². The van der Waals surface area contributed by atoms with E-state index in [2.05, 4.69) is 60.6 Å². The zero-order valence-corrected chi connectivity index (χ0v) is 17.7. The number of carbonyl (C=O) groups excluding carboxylic acids is 1. The van der Waals surface area contributed by atoms with Gasteiger partial charge in [-0.3, -0.25) is 4.90 Å². The SMILES string of the molecule is CC(C)(C)c1ccc(CCNC(=O)NCC(c2ccco2)N2CCOCC2)cc1. The molecule has 0 aliphatic carbocycles. The minimum atomic E-state index is -0.152. The molecule has 3 rings (SSSR count). The second-order valence-electron chi connectivity index (χ2n) is 8.51. The molecule has 6 nitrogen and oxygen atoms in total. The van der Waals surface area contributed by atoms with Crippen molar-refractivity contribution in [3.63, 3.8) is 0 Å². The Morgan fingerprint density at radius 1 is 1.10 bits per heavy atom. The van der Waals surface area contributed by atoms with Gasteiger partial charge in [0.25, 0.3) is 0 Å². The first kappa shape index (κ1) is 21.4. The van der Waals surface area contributed by atoms with Gasteiger partial charge in [-0.1, -0.05) is 45.0 Å². The first-order valence-corrected chi connectivity index (χ1v) is 10.4. The van der Waals surface area contributed by atoms with Crippen LogP contribution in [0, 0.1) is 0 Å². The molecule has 29 heavy (non-hydrogen) atoms. The van der Waals surface area contributed by atoms with E-state index in [1.165, 1.54) is 11.1 Å². The van der Waals surface area contributed by atoms with Gasteiger partial charge in [-0.2, -0.15) is 0 Å². The van der Waals surface area contributed by atoms with Gasteiger partial charge in [0, 0.05) is 26.2 Å². The maximum absolute atomic E-state index is 12.3. The average Bonchev–Trinajstić information content (AvgIpc) is 3.23. The van der Waals surface area contributed by atoms with Gasteiger partial charge < -0.3 is 19.8 Å². The lowest BCUT2D eigenvalue weighted by Gasteiger charge is -2.33. The molecule has 1 fully saturated rings. The van der Waals surface area contributed by atoms with Crippen molar-refractivity contribution in [2.75, 3.05) is 39.4 Å². The van der Waals surface area contributed by atoms with Crippen molar-refractivity contribution in [3.05, 3.63) is 59.5 Å². The Balaban J connectivity index is 1.44. The molecule has 1 aromatic heterocycles. The summed E-state index contributed by atoms with van der Waals surface area (Å²) in [6, 6.07) is 12.3. The van der Waals surface area contributed by atoms with Crippen LogP contribution < -0.4 is 10.6 Å². The molecule has 1 aromatic carbocycles. The smallest absolute Gasteiger partial charge is 0.314 e. The fourth-order valence-corrected chi connectivity index (χ4v) is 3.52. The number of ether oxygens (including phenoxy) is 1. The molecule has 0 radical (unpaired) electrons. The van der Waals surface area contributed by atoms with E-state index >= 15 is 0 Å². The maximum atomic E-state index is 12.3. The minimum absolute atomic E-state index is 0.0181. The van der Waals surface area contributed by atoms with Crippen molar-refractivity contribution < 1.29 is 13.9 Å². The number of hydrogen-bond donors (Lipinski definition) is 2. The molecule has 1 aliphatic rings. The zero-order chi connectivity index (χ0) is 20.7. The van der Waals surface area contributed by atoms with Crippen molar-refractivity contribution in [1.82, 2.24) is 15.5 Å². The van der Waals surface area contributed by atoms with Crippen LogP contribution >= 0.6 is 0 Å². The summed E-state index contributed by atoms with van der Waals surface area (Å²) in [4.78, 5) is 14.6. The number of nitrogens with zero attached hydrogens (tertiary/aromatic N) is 1. The molecule has 1 saturated heterocycles. The van der Waals surface area contributed by atoms with Crippen LogP contribution in [0.15, 0.2) is 47.1 Å². The normalized spacial score (nSPS) is 16.4. The monoisotopic (exact) mass is 399 g/mol. The molecule has 1 unspecified atom stereocenters. The third-order valence-electron chi connectivity index (χ3n) is 5.33. The lowest BCUT2D eigenvalue weighted by Crippen LogP contribution is -2.45. The molecule has 1 atom stereocenters. The summed E-state index contributed by atoms with van der Waals surface area (Å²) in [5.41, 5.74) is 2.70. The lowest BCUT2D eigenvalue weighted by atomic mass is 9.86. The lowest BCUT2D eigenvalue weighted by molar-refractivity contribution is 0.0123. The molecule has 0 bridgehead atoms. The number of morpholine rings is 1. The van der Waals surface area contributed by atoms with E-state index in [1.54, 1.807) is 6.26 Å². The maximum Gasteiger partial charge on any atom is 0.314 e. The quantitative estimate of drug-likeness (QED) is 0.748. The highest BCUT2D eigenvalue weighted by molar-refractivity contribution is 5.73. The van der Waals surface area contributed by atoms with E-state index in [0.29, 0.717) is 26.3 Å². The Labute approximate surface area is 173 Å². The van der Waals surface area contributed by atoms with Crippen LogP contribution in [0.5, 0.6) is 0 Å². The highest BCUT2D eigenvalue weighted by Gasteiger charge is 2.25. The first-order chi connectivity index (χ1) is 13.9. The second kappa shape index (κ2) is 9.94. The van der Waals surface area contributed by atoms with Crippen molar-refractivity contribution in [3.8, 4) is 0 Å². The van der Waals surface area contributed by atoms with Crippen molar-refractivity contribution in [2.24, 2.45) is 0 Å². The van der Waals surface area contributed by atoms with E-state index < -0.39 is 0 Å². The number of urea groups is 1. The van der Waals surface area contributed by atoms with Gasteiger partial charge in [-0.05, 0) is 35.1 Å². The molecular weight excluding hydrogens is 366 g/mol. The molecular formula is C23H33N3O3. The highest BCUT2D eigenvalue weighted by Crippen LogP contribution is 2.23. The van der Waals surface area contributed by atoms with E-state index in [-0.39, 0.29) is 17.5 Å². The molecule has 2 N–H and O–H groups in total. The van der Waals surface area contributed by atoms with Crippen LogP contribution in [0.1, 0.15) is 43.7 Å². The molecule has 6 heteroatoms. The third kappa shape index (κ3) is 6.34. The van der Waals surface area contributed by atoms with Crippen molar-refractivity contribution in [2.45, 2.75) is 38.6 Å². The highest BCUT2D eigenvalue weighted by atomic mass is 16.5. The second-order valence-corrected chi connectivity index (χ2v) is 8.51. The fourth-order valence-electron chi connectivity index (χ4n) is 3.52. The predicted octanol–water partition coefficient (Wildman–Crippen LogP) is 3.49. The van der Waals surface area contributed by atoms with E-state index in [9.17, 15) is 4.79 Å². The van der Waals surface area contributed by atoms with Gasteiger partial charge in [0.1, 0.15) is 5.76 Å². The van der Waals surface area contributed by atoms with Crippen molar-refractivity contribution >= 4 is 6.03 Å².